The summed E-state index contributed by atoms with van der Waals surface area (Å²) in [6, 6.07) is 5.31. The molecule has 0 heterocycles. The molecule has 0 bridgehead atoms. The van der Waals surface area contributed by atoms with Crippen molar-refractivity contribution in [2.24, 2.45) is 5.92 Å². The molecular formula is C12H11ClO2. The normalized spacial score (nSPS) is 19.9. The molecule has 0 radical (unpaired) electrons. The molecular weight excluding hydrogens is 212 g/mol. The summed E-state index contributed by atoms with van der Waals surface area (Å²) < 4.78 is 0. The third-order valence-electron chi connectivity index (χ3n) is 2.88. The van der Waals surface area contributed by atoms with Crippen LogP contribution in [0.25, 0.3) is 0 Å². The largest absolute Gasteiger partial charge is 0.300 e. The molecule has 1 aliphatic rings. The Morgan fingerprint density at radius 1 is 1.40 bits per heavy atom. The van der Waals surface area contributed by atoms with Crippen molar-refractivity contribution in [3.63, 3.8) is 0 Å². The standard InChI is InChI=1S/C12H11ClO2/c1-7(14)8-5-10-9(12(15)6-8)3-2-4-11(10)13/h2-4,8H,5-6H2,1H3. The summed E-state index contributed by atoms with van der Waals surface area (Å²) in [4.78, 5) is 23.0. The molecule has 1 aromatic carbocycles. The molecule has 78 valence electrons. The monoisotopic (exact) mass is 222 g/mol. The van der Waals surface area contributed by atoms with Gasteiger partial charge in [-0.25, -0.2) is 0 Å². The average molecular weight is 223 g/mol. The Morgan fingerprint density at radius 3 is 2.80 bits per heavy atom. The number of carbonyl (C=O) groups is 2. The maximum atomic E-state index is 11.7. The molecule has 0 aliphatic heterocycles. The molecule has 2 nitrogen and oxygen atoms in total. The Hall–Kier alpha value is -1.15. The first-order chi connectivity index (χ1) is 7.09. The molecule has 0 aromatic heterocycles. The fraction of sp³-hybridized carbons (Fsp3) is 0.333. The van der Waals surface area contributed by atoms with Crippen LogP contribution in [-0.4, -0.2) is 11.6 Å². The smallest absolute Gasteiger partial charge is 0.163 e. The van der Waals surface area contributed by atoms with Gasteiger partial charge in [0.1, 0.15) is 5.78 Å². The van der Waals surface area contributed by atoms with Gasteiger partial charge in [0.15, 0.2) is 5.78 Å². The lowest BCUT2D eigenvalue weighted by atomic mass is 9.81. The first kappa shape index (κ1) is 10.4. The molecule has 15 heavy (non-hydrogen) atoms. The number of rotatable bonds is 1. The zero-order valence-electron chi connectivity index (χ0n) is 8.42. The van der Waals surface area contributed by atoms with Crippen LogP contribution in [0.2, 0.25) is 5.02 Å². The zero-order valence-corrected chi connectivity index (χ0v) is 9.17. The second-order valence-electron chi connectivity index (χ2n) is 3.90. The predicted octanol–water partition coefficient (Wildman–Crippen LogP) is 2.67. The lowest BCUT2D eigenvalue weighted by molar-refractivity contribution is -0.120. The highest BCUT2D eigenvalue weighted by atomic mass is 35.5. The maximum Gasteiger partial charge on any atom is 0.163 e. The quantitative estimate of drug-likeness (QED) is 0.732. The highest BCUT2D eigenvalue weighted by molar-refractivity contribution is 6.32. The van der Waals surface area contributed by atoms with Crippen molar-refractivity contribution >= 4 is 23.2 Å². The topological polar surface area (TPSA) is 34.1 Å². The summed E-state index contributed by atoms with van der Waals surface area (Å²) >= 11 is 6.01. The van der Waals surface area contributed by atoms with Crippen LogP contribution in [0, 0.1) is 5.92 Å². The lowest BCUT2D eigenvalue weighted by Gasteiger charge is -2.22. The van der Waals surface area contributed by atoms with Crippen LogP contribution in [-0.2, 0) is 11.2 Å². The molecule has 2 rings (SSSR count). The Bertz CT molecular complexity index is 437. The summed E-state index contributed by atoms with van der Waals surface area (Å²) in [6.45, 7) is 1.53. The average Bonchev–Trinajstić information content (AvgIpc) is 2.19. The van der Waals surface area contributed by atoms with Crippen molar-refractivity contribution in [2.45, 2.75) is 19.8 Å². The van der Waals surface area contributed by atoms with E-state index in [1.807, 2.05) is 0 Å². The maximum absolute atomic E-state index is 11.7. The number of ketones is 2. The molecule has 0 spiro atoms. The molecule has 0 saturated carbocycles. The molecule has 1 aliphatic carbocycles. The molecule has 0 fully saturated rings. The van der Waals surface area contributed by atoms with Gasteiger partial charge >= 0.3 is 0 Å². The van der Waals surface area contributed by atoms with Crippen molar-refractivity contribution in [1.82, 2.24) is 0 Å². The van der Waals surface area contributed by atoms with E-state index < -0.39 is 0 Å². The predicted molar refractivity (Wildman–Crippen MR) is 58.3 cm³/mol. The van der Waals surface area contributed by atoms with E-state index >= 15 is 0 Å². The second kappa shape index (κ2) is 3.78. The van der Waals surface area contributed by atoms with Crippen molar-refractivity contribution in [3.05, 3.63) is 34.3 Å². The number of fused-ring (bicyclic) bond motifs is 1. The Labute approximate surface area is 93.2 Å². The molecule has 0 amide bonds. The molecule has 1 unspecified atom stereocenters. The third-order valence-corrected chi connectivity index (χ3v) is 3.23. The first-order valence-corrected chi connectivity index (χ1v) is 5.28. The van der Waals surface area contributed by atoms with Gasteiger partial charge < -0.3 is 0 Å². The van der Waals surface area contributed by atoms with Crippen LogP contribution in [0.5, 0.6) is 0 Å². The van der Waals surface area contributed by atoms with E-state index in [1.54, 1.807) is 18.2 Å². The number of carbonyl (C=O) groups excluding carboxylic acids is 2. The minimum absolute atomic E-state index is 0.0268. The summed E-state index contributed by atoms with van der Waals surface area (Å²) in [6.07, 6.45) is 0.915. The van der Waals surface area contributed by atoms with Crippen molar-refractivity contribution in [2.75, 3.05) is 0 Å². The fourth-order valence-corrected chi connectivity index (χ4v) is 2.22. The Kier molecular flexibility index (Phi) is 2.61. The van der Waals surface area contributed by atoms with Gasteiger partial charge in [-0.1, -0.05) is 23.7 Å². The van der Waals surface area contributed by atoms with Crippen molar-refractivity contribution in [3.8, 4) is 0 Å². The highest BCUT2D eigenvalue weighted by Gasteiger charge is 2.28. The van der Waals surface area contributed by atoms with Gasteiger partial charge in [0, 0.05) is 22.9 Å². The van der Waals surface area contributed by atoms with Crippen molar-refractivity contribution < 1.29 is 9.59 Å². The minimum Gasteiger partial charge on any atom is -0.300 e. The van der Waals surface area contributed by atoms with E-state index in [2.05, 4.69) is 0 Å². The second-order valence-corrected chi connectivity index (χ2v) is 4.31. The summed E-state index contributed by atoms with van der Waals surface area (Å²) in [5, 5.41) is 0.590. The molecule has 3 heteroatoms. The van der Waals surface area contributed by atoms with E-state index in [0.29, 0.717) is 23.4 Å². The van der Waals surface area contributed by atoms with Crippen LogP contribution in [0.15, 0.2) is 18.2 Å². The van der Waals surface area contributed by atoms with Crippen LogP contribution in [0.3, 0.4) is 0 Å². The van der Waals surface area contributed by atoms with Gasteiger partial charge in [-0.3, -0.25) is 9.59 Å². The van der Waals surface area contributed by atoms with E-state index in [-0.39, 0.29) is 17.5 Å². The number of hydrogen-bond donors (Lipinski definition) is 0. The molecule has 1 aromatic rings. The van der Waals surface area contributed by atoms with Crippen LogP contribution in [0.4, 0.5) is 0 Å². The molecule has 0 N–H and O–H groups in total. The van der Waals surface area contributed by atoms with Gasteiger partial charge in [-0.2, -0.15) is 0 Å². The van der Waals surface area contributed by atoms with Gasteiger partial charge in [0.25, 0.3) is 0 Å². The summed E-state index contributed by atoms with van der Waals surface area (Å²) in [7, 11) is 0. The first-order valence-electron chi connectivity index (χ1n) is 4.90. The fourth-order valence-electron chi connectivity index (χ4n) is 1.97. The molecule has 0 saturated heterocycles. The van der Waals surface area contributed by atoms with Gasteiger partial charge in [-0.15, -0.1) is 0 Å². The van der Waals surface area contributed by atoms with E-state index in [0.717, 1.165) is 5.56 Å². The summed E-state index contributed by atoms with van der Waals surface area (Å²) in [5.74, 6) is -0.0993. The van der Waals surface area contributed by atoms with Crippen LogP contribution >= 0.6 is 11.6 Å². The van der Waals surface area contributed by atoms with Gasteiger partial charge in [0.2, 0.25) is 0 Å². The van der Waals surface area contributed by atoms with Crippen LogP contribution in [0.1, 0.15) is 29.3 Å². The molecule has 1 atom stereocenters. The van der Waals surface area contributed by atoms with Crippen LogP contribution < -0.4 is 0 Å². The number of Topliss-reactive ketones (excluding diaryl/α,β-unsaturated/α-hetero) is 2. The van der Waals surface area contributed by atoms with E-state index in [4.69, 9.17) is 11.6 Å². The third kappa shape index (κ3) is 1.82. The van der Waals surface area contributed by atoms with Gasteiger partial charge in [0.05, 0.1) is 0 Å². The number of hydrogen-bond acceptors (Lipinski definition) is 2. The summed E-state index contributed by atoms with van der Waals surface area (Å²) in [5.41, 5.74) is 1.51. The Balaban J connectivity index is 2.46. The van der Waals surface area contributed by atoms with Crippen molar-refractivity contribution in [1.29, 1.82) is 0 Å². The lowest BCUT2D eigenvalue weighted by Crippen LogP contribution is -2.25. The Morgan fingerprint density at radius 2 is 2.13 bits per heavy atom. The minimum atomic E-state index is -0.190. The number of halogens is 1. The van der Waals surface area contributed by atoms with E-state index in [9.17, 15) is 9.59 Å². The SMILES string of the molecule is CC(=O)C1CC(=O)c2cccc(Cl)c2C1. The highest BCUT2D eigenvalue weighted by Crippen LogP contribution is 2.30. The van der Waals surface area contributed by atoms with Gasteiger partial charge in [-0.05, 0) is 25.0 Å². The zero-order chi connectivity index (χ0) is 11.0. The van der Waals surface area contributed by atoms with E-state index in [1.165, 1.54) is 6.92 Å². The number of benzene rings is 1.